The van der Waals surface area contributed by atoms with Gasteiger partial charge < -0.3 is 5.32 Å². The molecule has 0 aliphatic heterocycles. The van der Waals surface area contributed by atoms with E-state index in [0.717, 1.165) is 21.1 Å². The maximum atomic E-state index is 12.5. The number of aryl methyl sites for hydroxylation is 3. The number of carbonyl (C=O) groups is 1. The minimum Gasteiger partial charge on any atom is -0.325 e. The maximum absolute atomic E-state index is 12.5. The molecule has 0 aliphatic rings. The van der Waals surface area contributed by atoms with E-state index in [4.69, 9.17) is 0 Å². The average molecular weight is 461 g/mol. The first kappa shape index (κ1) is 22.9. The van der Waals surface area contributed by atoms with Gasteiger partial charge in [0.15, 0.2) is 0 Å². The van der Waals surface area contributed by atoms with Gasteiger partial charge in [-0.05, 0) is 72.2 Å². The first-order valence-electron chi connectivity index (χ1n) is 9.41. The van der Waals surface area contributed by atoms with Crippen LogP contribution in [0.1, 0.15) is 16.7 Å². The van der Waals surface area contributed by atoms with Crippen LogP contribution in [0.3, 0.4) is 0 Å². The van der Waals surface area contributed by atoms with Crippen LogP contribution in [0, 0.1) is 20.8 Å². The molecule has 0 saturated heterocycles. The standard InChI is InChI=1S/C20H24N6O3S2/c1-13-8-14(2)10-17(9-13)26-20(22-23-24-26)30-12-19(27)21-16-7-6-15(3)18(11-16)31(28,29)25(4)5/h6-11H,12H2,1-5H3,(H,21,27). The van der Waals surface area contributed by atoms with Crippen molar-refractivity contribution in [3.8, 4) is 5.69 Å². The zero-order valence-electron chi connectivity index (χ0n) is 17.9. The third kappa shape index (κ3) is 5.30. The molecule has 1 aromatic heterocycles. The van der Waals surface area contributed by atoms with Gasteiger partial charge in [0.1, 0.15) is 0 Å². The lowest BCUT2D eigenvalue weighted by Gasteiger charge is -2.15. The van der Waals surface area contributed by atoms with E-state index in [1.165, 1.54) is 31.9 Å². The molecule has 0 saturated carbocycles. The second-order valence-corrected chi connectivity index (χ2v) is 10.4. The van der Waals surface area contributed by atoms with E-state index in [9.17, 15) is 13.2 Å². The molecule has 31 heavy (non-hydrogen) atoms. The van der Waals surface area contributed by atoms with E-state index in [1.807, 2.05) is 26.0 Å². The quantitative estimate of drug-likeness (QED) is 0.540. The minimum atomic E-state index is -3.61. The van der Waals surface area contributed by atoms with Gasteiger partial charge in [0.25, 0.3) is 0 Å². The highest BCUT2D eigenvalue weighted by atomic mass is 32.2. The van der Waals surface area contributed by atoms with Crippen molar-refractivity contribution in [2.75, 3.05) is 25.2 Å². The SMILES string of the molecule is Cc1cc(C)cc(-n2nnnc2SCC(=O)Nc2ccc(C)c(S(=O)(=O)N(C)C)c2)c1. The summed E-state index contributed by atoms with van der Waals surface area (Å²) in [5.41, 5.74) is 4.01. The summed E-state index contributed by atoms with van der Waals surface area (Å²) in [6.07, 6.45) is 0. The molecule has 1 N–H and O–H groups in total. The van der Waals surface area contributed by atoms with Crippen LogP contribution >= 0.6 is 11.8 Å². The fourth-order valence-corrected chi connectivity index (χ4v) is 4.82. The van der Waals surface area contributed by atoms with Crippen LogP contribution in [0.15, 0.2) is 46.5 Å². The van der Waals surface area contributed by atoms with Crippen molar-refractivity contribution in [1.82, 2.24) is 24.5 Å². The Hall–Kier alpha value is -2.76. The Morgan fingerprint density at radius 3 is 2.42 bits per heavy atom. The highest BCUT2D eigenvalue weighted by Crippen LogP contribution is 2.24. The summed E-state index contributed by atoms with van der Waals surface area (Å²) in [6.45, 7) is 5.70. The molecule has 1 heterocycles. The number of sulfonamides is 1. The molecule has 0 radical (unpaired) electrons. The van der Waals surface area contributed by atoms with Crippen molar-refractivity contribution in [3.05, 3.63) is 53.1 Å². The van der Waals surface area contributed by atoms with Gasteiger partial charge in [-0.25, -0.2) is 12.7 Å². The zero-order valence-corrected chi connectivity index (χ0v) is 19.6. The van der Waals surface area contributed by atoms with Gasteiger partial charge in [0.05, 0.1) is 16.3 Å². The molecule has 9 nitrogen and oxygen atoms in total. The summed E-state index contributed by atoms with van der Waals surface area (Å²) >= 11 is 1.19. The third-order valence-corrected chi connectivity index (χ3v) is 7.33. The van der Waals surface area contributed by atoms with Crippen molar-refractivity contribution in [2.24, 2.45) is 0 Å². The topological polar surface area (TPSA) is 110 Å². The van der Waals surface area contributed by atoms with Crippen molar-refractivity contribution in [2.45, 2.75) is 30.8 Å². The molecular weight excluding hydrogens is 436 g/mol. The highest BCUT2D eigenvalue weighted by molar-refractivity contribution is 7.99. The summed E-state index contributed by atoms with van der Waals surface area (Å²) in [5.74, 6) is -0.230. The number of nitrogens with zero attached hydrogens (tertiary/aromatic N) is 5. The number of rotatable bonds is 7. The molecule has 164 valence electrons. The minimum absolute atomic E-state index is 0.0643. The zero-order chi connectivity index (χ0) is 22.8. The Morgan fingerprint density at radius 2 is 1.77 bits per heavy atom. The normalized spacial score (nSPS) is 11.7. The number of hydrogen-bond donors (Lipinski definition) is 1. The van der Waals surface area contributed by atoms with E-state index in [2.05, 4.69) is 26.9 Å². The average Bonchev–Trinajstić information content (AvgIpc) is 3.15. The van der Waals surface area contributed by atoms with Crippen LogP contribution < -0.4 is 5.32 Å². The fourth-order valence-electron chi connectivity index (χ4n) is 2.98. The van der Waals surface area contributed by atoms with Gasteiger partial charge in [0.2, 0.25) is 21.1 Å². The predicted octanol–water partition coefficient (Wildman–Crippen LogP) is 2.57. The number of carbonyl (C=O) groups excluding carboxylic acids is 1. The Kier molecular flexibility index (Phi) is 6.77. The molecule has 0 unspecified atom stereocenters. The van der Waals surface area contributed by atoms with E-state index in [1.54, 1.807) is 23.7 Å². The van der Waals surface area contributed by atoms with Crippen molar-refractivity contribution in [1.29, 1.82) is 0 Å². The number of amides is 1. The number of aromatic nitrogens is 4. The van der Waals surface area contributed by atoms with Gasteiger partial charge in [0, 0.05) is 19.8 Å². The van der Waals surface area contributed by atoms with E-state index < -0.39 is 10.0 Å². The Morgan fingerprint density at radius 1 is 1.10 bits per heavy atom. The van der Waals surface area contributed by atoms with Crippen molar-refractivity contribution in [3.63, 3.8) is 0 Å². The van der Waals surface area contributed by atoms with E-state index >= 15 is 0 Å². The molecule has 3 aromatic rings. The first-order chi connectivity index (χ1) is 14.6. The maximum Gasteiger partial charge on any atom is 0.242 e. The van der Waals surface area contributed by atoms with Crippen LogP contribution in [0.25, 0.3) is 5.69 Å². The smallest absolute Gasteiger partial charge is 0.242 e. The van der Waals surface area contributed by atoms with Gasteiger partial charge in [-0.1, -0.05) is 23.9 Å². The van der Waals surface area contributed by atoms with E-state index in [0.29, 0.717) is 16.4 Å². The summed E-state index contributed by atoms with van der Waals surface area (Å²) in [7, 11) is -0.672. The molecular formula is C20H24N6O3S2. The lowest BCUT2D eigenvalue weighted by Crippen LogP contribution is -2.23. The molecule has 0 aliphatic carbocycles. The van der Waals surface area contributed by atoms with Crippen LogP contribution in [0.5, 0.6) is 0 Å². The number of thioether (sulfide) groups is 1. The monoisotopic (exact) mass is 460 g/mol. The van der Waals surface area contributed by atoms with Crippen LogP contribution in [-0.4, -0.2) is 58.7 Å². The summed E-state index contributed by atoms with van der Waals surface area (Å²) < 4.78 is 27.7. The Balaban J connectivity index is 1.72. The summed E-state index contributed by atoms with van der Waals surface area (Å²) in [4.78, 5) is 12.6. The summed E-state index contributed by atoms with van der Waals surface area (Å²) in [6, 6.07) is 10.8. The lowest BCUT2D eigenvalue weighted by molar-refractivity contribution is -0.113. The largest absolute Gasteiger partial charge is 0.325 e. The second-order valence-electron chi connectivity index (χ2n) is 7.32. The number of tetrazole rings is 1. The molecule has 0 bridgehead atoms. The Bertz CT molecular complexity index is 1200. The number of nitrogens with one attached hydrogen (secondary N) is 1. The molecule has 0 atom stereocenters. The Labute approximate surface area is 185 Å². The molecule has 0 spiro atoms. The predicted molar refractivity (Wildman–Crippen MR) is 120 cm³/mol. The van der Waals surface area contributed by atoms with Gasteiger partial charge >= 0.3 is 0 Å². The first-order valence-corrected chi connectivity index (χ1v) is 11.8. The van der Waals surface area contributed by atoms with Crippen LogP contribution in [0.4, 0.5) is 5.69 Å². The molecule has 1 amide bonds. The van der Waals surface area contributed by atoms with Gasteiger partial charge in [-0.15, -0.1) is 5.10 Å². The second kappa shape index (κ2) is 9.16. The molecule has 11 heteroatoms. The van der Waals surface area contributed by atoms with Gasteiger partial charge in [-0.2, -0.15) is 4.68 Å². The molecule has 2 aromatic carbocycles. The van der Waals surface area contributed by atoms with Crippen molar-refractivity contribution >= 4 is 33.4 Å². The van der Waals surface area contributed by atoms with Crippen molar-refractivity contribution < 1.29 is 13.2 Å². The lowest BCUT2D eigenvalue weighted by atomic mass is 10.1. The van der Waals surface area contributed by atoms with E-state index in [-0.39, 0.29) is 16.6 Å². The number of anilines is 1. The highest BCUT2D eigenvalue weighted by Gasteiger charge is 2.20. The van der Waals surface area contributed by atoms with Gasteiger partial charge in [-0.3, -0.25) is 4.79 Å². The van der Waals surface area contributed by atoms with Crippen LogP contribution in [-0.2, 0) is 14.8 Å². The molecule has 0 fully saturated rings. The third-order valence-electron chi connectivity index (χ3n) is 4.45. The fraction of sp³-hybridized carbons (Fsp3) is 0.300. The van der Waals surface area contributed by atoms with Crippen LogP contribution in [0.2, 0.25) is 0 Å². The number of hydrogen-bond acceptors (Lipinski definition) is 7. The molecule has 3 rings (SSSR count). The number of benzene rings is 2. The summed E-state index contributed by atoms with van der Waals surface area (Å²) in [5, 5.41) is 15.0.